The Labute approximate surface area is 81.3 Å². The number of ketones is 1. The molecule has 0 bridgehead atoms. The van der Waals surface area contributed by atoms with E-state index in [1.165, 1.54) is 4.90 Å². The monoisotopic (exact) mass is 193 g/mol. The Morgan fingerprint density at radius 1 is 1.50 bits per heavy atom. The van der Waals surface area contributed by atoms with Gasteiger partial charge in [0.2, 0.25) is 5.91 Å². The summed E-state index contributed by atoms with van der Waals surface area (Å²) in [6.07, 6.45) is 1.66. The first-order valence-electron chi connectivity index (χ1n) is 4.56. The summed E-state index contributed by atoms with van der Waals surface area (Å²) in [5.74, 6) is 0.549. The van der Waals surface area contributed by atoms with Gasteiger partial charge in [-0.15, -0.1) is 0 Å². The summed E-state index contributed by atoms with van der Waals surface area (Å²) in [6, 6.07) is 1.75. The van der Waals surface area contributed by atoms with Gasteiger partial charge in [-0.05, 0) is 6.92 Å². The van der Waals surface area contributed by atoms with Crippen molar-refractivity contribution < 1.29 is 9.59 Å². The van der Waals surface area contributed by atoms with E-state index in [9.17, 15) is 9.59 Å². The molecule has 5 nitrogen and oxygen atoms in total. The van der Waals surface area contributed by atoms with Crippen LogP contribution < -0.4 is 4.90 Å². The number of Topliss-reactive ketones (excluding diaryl/α,β-unsaturated/α-hetero) is 1. The van der Waals surface area contributed by atoms with Crippen LogP contribution >= 0.6 is 0 Å². The van der Waals surface area contributed by atoms with Gasteiger partial charge in [-0.2, -0.15) is 5.10 Å². The van der Waals surface area contributed by atoms with Gasteiger partial charge in [-0.3, -0.25) is 14.5 Å². The Kier molecular flexibility index (Phi) is 2.07. The molecule has 1 aromatic rings. The van der Waals surface area contributed by atoms with Crippen LogP contribution in [0.1, 0.15) is 13.3 Å². The van der Waals surface area contributed by atoms with Crippen LogP contribution in [-0.4, -0.2) is 28.0 Å². The third-order valence-electron chi connectivity index (χ3n) is 2.25. The first-order chi connectivity index (χ1) is 6.72. The van der Waals surface area contributed by atoms with Crippen molar-refractivity contribution in [2.45, 2.75) is 19.9 Å². The number of anilines is 1. The maximum atomic E-state index is 11.4. The van der Waals surface area contributed by atoms with E-state index >= 15 is 0 Å². The number of hydrogen-bond donors (Lipinski definition) is 0. The van der Waals surface area contributed by atoms with Crippen LogP contribution in [0, 0.1) is 0 Å². The minimum absolute atomic E-state index is 0.0227. The summed E-state index contributed by atoms with van der Waals surface area (Å²) in [4.78, 5) is 24.0. The van der Waals surface area contributed by atoms with E-state index in [1.54, 1.807) is 16.9 Å². The van der Waals surface area contributed by atoms with Gasteiger partial charge < -0.3 is 0 Å². The van der Waals surface area contributed by atoms with Gasteiger partial charge in [0.05, 0.1) is 19.2 Å². The Morgan fingerprint density at radius 2 is 2.29 bits per heavy atom. The van der Waals surface area contributed by atoms with Crippen LogP contribution in [0.25, 0.3) is 0 Å². The minimum atomic E-state index is -0.134. The summed E-state index contributed by atoms with van der Waals surface area (Å²) in [5.41, 5.74) is 0. The van der Waals surface area contributed by atoms with E-state index in [0.29, 0.717) is 12.4 Å². The van der Waals surface area contributed by atoms with Gasteiger partial charge in [0, 0.05) is 12.6 Å². The second-order valence-electron chi connectivity index (χ2n) is 3.20. The van der Waals surface area contributed by atoms with Crippen molar-refractivity contribution in [1.29, 1.82) is 0 Å². The predicted octanol–water partition coefficient (Wildman–Crippen LogP) is 0.209. The third kappa shape index (κ3) is 1.30. The quantitative estimate of drug-likeness (QED) is 0.631. The molecule has 2 heterocycles. The van der Waals surface area contributed by atoms with Crippen LogP contribution in [0.15, 0.2) is 12.3 Å². The van der Waals surface area contributed by atoms with Crippen molar-refractivity contribution in [3.8, 4) is 0 Å². The van der Waals surface area contributed by atoms with Crippen molar-refractivity contribution in [1.82, 2.24) is 9.78 Å². The molecule has 5 heteroatoms. The Balaban J connectivity index is 2.31. The predicted molar refractivity (Wildman–Crippen MR) is 49.9 cm³/mol. The summed E-state index contributed by atoms with van der Waals surface area (Å²) in [5, 5.41) is 4.05. The third-order valence-corrected chi connectivity index (χ3v) is 2.25. The van der Waals surface area contributed by atoms with Gasteiger partial charge in [0.25, 0.3) is 0 Å². The molecule has 1 aliphatic rings. The lowest BCUT2D eigenvalue weighted by Crippen LogP contribution is -2.27. The number of nitrogens with zero attached hydrogens (tertiary/aromatic N) is 3. The fourth-order valence-corrected chi connectivity index (χ4v) is 1.59. The fraction of sp³-hybridized carbons (Fsp3) is 0.444. The van der Waals surface area contributed by atoms with Crippen molar-refractivity contribution in [2.24, 2.45) is 0 Å². The van der Waals surface area contributed by atoms with Gasteiger partial charge in [0.1, 0.15) is 5.82 Å². The SMILES string of the molecule is CCn1nccc1N1CC(=O)CC1=O. The zero-order valence-corrected chi connectivity index (χ0v) is 7.93. The first kappa shape index (κ1) is 8.93. The molecule has 1 fully saturated rings. The largest absolute Gasteiger partial charge is 0.297 e. The van der Waals surface area contributed by atoms with E-state index in [1.807, 2.05) is 6.92 Å². The highest BCUT2D eigenvalue weighted by atomic mass is 16.2. The molecule has 14 heavy (non-hydrogen) atoms. The molecule has 0 N–H and O–H groups in total. The normalized spacial score (nSPS) is 16.8. The Morgan fingerprint density at radius 3 is 2.86 bits per heavy atom. The van der Waals surface area contributed by atoms with Crippen molar-refractivity contribution in [3.05, 3.63) is 12.3 Å². The van der Waals surface area contributed by atoms with E-state index in [-0.39, 0.29) is 24.7 Å². The second-order valence-corrected chi connectivity index (χ2v) is 3.20. The first-order valence-corrected chi connectivity index (χ1v) is 4.56. The van der Waals surface area contributed by atoms with E-state index in [2.05, 4.69) is 5.10 Å². The lowest BCUT2D eigenvalue weighted by atomic mass is 10.3. The molecule has 1 saturated heterocycles. The number of hydrogen-bond acceptors (Lipinski definition) is 3. The van der Waals surface area contributed by atoms with Crippen LogP contribution in [0.3, 0.4) is 0 Å². The highest BCUT2D eigenvalue weighted by molar-refractivity contribution is 6.14. The van der Waals surface area contributed by atoms with E-state index in [0.717, 1.165) is 0 Å². The molecule has 0 aromatic carbocycles. The lowest BCUT2D eigenvalue weighted by molar-refractivity contribution is -0.121. The molecule has 0 aliphatic carbocycles. The lowest BCUT2D eigenvalue weighted by Gasteiger charge is -2.15. The average molecular weight is 193 g/mol. The minimum Gasteiger partial charge on any atom is -0.297 e. The van der Waals surface area contributed by atoms with Crippen molar-refractivity contribution >= 4 is 17.5 Å². The van der Waals surface area contributed by atoms with Gasteiger partial charge in [-0.25, -0.2) is 4.68 Å². The molecule has 0 spiro atoms. The van der Waals surface area contributed by atoms with Crippen molar-refractivity contribution in [3.63, 3.8) is 0 Å². The topological polar surface area (TPSA) is 55.2 Å². The summed E-state index contributed by atoms with van der Waals surface area (Å²) >= 11 is 0. The molecule has 2 rings (SSSR count). The molecule has 0 saturated carbocycles. The number of aryl methyl sites for hydroxylation is 1. The number of amides is 1. The fourth-order valence-electron chi connectivity index (χ4n) is 1.59. The highest BCUT2D eigenvalue weighted by Gasteiger charge is 2.30. The standard InChI is InChI=1S/C9H11N3O2/c1-2-12-8(3-4-10-12)11-6-7(13)5-9(11)14/h3-4H,2,5-6H2,1H3. The maximum Gasteiger partial charge on any atom is 0.236 e. The number of aromatic nitrogens is 2. The molecule has 1 aromatic heterocycles. The Bertz CT molecular complexity index is 383. The average Bonchev–Trinajstić information content (AvgIpc) is 2.71. The smallest absolute Gasteiger partial charge is 0.236 e. The molecular formula is C9H11N3O2. The molecule has 0 atom stereocenters. The molecule has 1 amide bonds. The zero-order chi connectivity index (χ0) is 10.1. The molecule has 0 radical (unpaired) electrons. The molecule has 1 aliphatic heterocycles. The van der Waals surface area contributed by atoms with Gasteiger partial charge in [0.15, 0.2) is 5.78 Å². The van der Waals surface area contributed by atoms with Crippen LogP contribution in [-0.2, 0) is 16.1 Å². The van der Waals surface area contributed by atoms with E-state index < -0.39 is 0 Å². The Hall–Kier alpha value is -1.65. The number of carbonyl (C=O) groups is 2. The number of carbonyl (C=O) groups excluding carboxylic acids is 2. The summed E-state index contributed by atoms with van der Waals surface area (Å²) in [6.45, 7) is 2.82. The van der Waals surface area contributed by atoms with Crippen LogP contribution in [0.5, 0.6) is 0 Å². The van der Waals surface area contributed by atoms with Crippen LogP contribution in [0.4, 0.5) is 5.82 Å². The second kappa shape index (κ2) is 3.25. The molecular weight excluding hydrogens is 182 g/mol. The zero-order valence-electron chi connectivity index (χ0n) is 7.93. The molecule has 0 unspecified atom stereocenters. The van der Waals surface area contributed by atoms with E-state index in [4.69, 9.17) is 0 Å². The highest BCUT2D eigenvalue weighted by Crippen LogP contribution is 2.18. The van der Waals surface area contributed by atoms with Gasteiger partial charge >= 0.3 is 0 Å². The maximum absolute atomic E-state index is 11.4. The summed E-state index contributed by atoms with van der Waals surface area (Å²) in [7, 11) is 0. The van der Waals surface area contributed by atoms with Gasteiger partial charge in [-0.1, -0.05) is 0 Å². The van der Waals surface area contributed by atoms with Crippen LogP contribution in [0.2, 0.25) is 0 Å². The number of rotatable bonds is 2. The van der Waals surface area contributed by atoms with Crippen molar-refractivity contribution in [2.75, 3.05) is 11.4 Å². The molecule has 74 valence electrons. The summed E-state index contributed by atoms with van der Waals surface area (Å²) < 4.78 is 1.70.